The molecule has 0 aliphatic heterocycles. The van der Waals surface area contributed by atoms with Crippen LogP contribution in [0.25, 0.3) is 11.3 Å². The van der Waals surface area contributed by atoms with E-state index in [-0.39, 0.29) is 10.6 Å². The molecule has 0 saturated heterocycles. The van der Waals surface area contributed by atoms with E-state index in [1.807, 2.05) is 4.57 Å². The number of hydrogen-bond donors (Lipinski definition) is 1. The Morgan fingerprint density at radius 1 is 1.33 bits per heavy atom. The van der Waals surface area contributed by atoms with Crippen molar-refractivity contribution in [3.63, 3.8) is 0 Å². The van der Waals surface area contributed by atoms with Crippen molar-refractivity contribution in [2.24, 2.45) is 0 Å². The van der Waals surface area contributed by atoms with Gasteiger partial charge in [-0.3, -0.25) is 0 Å². The summed E-state index contributed by atoms with van der Waals surface area (Å²) in [6, 6.07) is 4.91. The molecule has 1 saturated carbocycles. The summed E-state index contributed by atoms with van der Waals surface area (Å²) in [6.07, 6.45) is 2.23. The molecular weight excluding hydrogens is 289 g/mol. The normalized spacial score (nSPS) is 15.5. The molecule has 1 heterocycles. The molecule has 3 nitrogen and oxygen atoms in total. The van der Waals surface area contributed by atoms with E-state index in [9.17, 15) is 4.39 Å². The predicted molar refractivity (Wildman–Crippen MR) is 84.0 cm³/mol. The molecule has 0 unspecified atom stereocenters. The van der Waals surface area contributed by atoms with Gasteiger partial charge >= 0.3 is 0 Å². The van der Waals surface area contributed by atoms with Crippen LogP contribution in [0, 0.1) is 5.82 Å². The molecule has 5 heteroatoms. The van der Waals surface area contributed by atoms with E-state index >= 15 is 0 Å². The Morgan fingerprint density at radius 3 is 2.57 bits per heavy atom. The maximum absolute atomic E-state index is 14.3. The second kappa shape index (κ2) is 4.73. The number of imidazole rings is 1. The summed E-state index contributed by atoms with van der Waals surface area (Å²) >= 11 is 5.88. The largest absolute Gasteiger partial charge is 0.383 e. The lowest BCUT2D eigenvalue weighted by atomic mass is 10.1. The predicted octanol–water partition coefficient (Wildman–Crippen LogP) is 4.56. The molecule has 1 fully saturated rings. The minimum Gasteiger partial charge on any atom is -0.383 e. The molecule has 2 N–H and O–H groups in total. The number of halogens is 2. The summed E-state index contributed by atoms with van der Waals surface area (Å²) in [6.45, 7) is 6.24. The van der Waals surface area contributed by atoms with Crippen molar-refractivity contribution in [2.75, 3.05) is 5.73 Å². The van der Waals surface area contributed by atoms with E-state index in [4.69, 9.17) is 17.3 Å². The average molecular weight is 308 g/mol. The maximum atomic E-state index is 14.3. The fourth-order valence-corrected chi connectivity index (χ4v) is 2.83. The van der Waals surface area contributed by atoms with Crippen molar-refractivity contribution in [2.45, 2.75) is 45.1 Å². The number of aromatic nitrogens is 2. The van der Waals surface area contributed by atoms with Crippen molar-refractivity contribution >= 4 is 17.4 Å². The highest BCUT2D eigenvalue weighted by Gasteiger charge is 2.34. The molecule has 21 heavy (non-hydrogen) atoms. The van der Waals surface area contributed by atoms with Crippen LogP contribution < -0.4 is 5.73 Å². The van der Waals surface area contributed by atoms with Crippen molar-refractivity contribution in [3.05, 3.63) is 34.9 Å². The number of nitrogens with two attached hydrogens (primary N) is 1. The van der Waals surface area contributed by atoms with Crippen LogP contribution in [0.5, 0.6) is 0 Å². The standard InChI is InChI=1S/C16H19ClFN3/c1-16(2,3)21-14(19)13(20-15(21)9-7-8-9)10-5-4-6-11(17)12(10)18/h4-6,9H,7-8,19H2,1-3H3. The molecule has 1 aliphatic rings. The summed E-state index contributed by atoms with van der Waals surface area (Å²) in [4.78, 5) is 4.65. The van der Waals surface area contributed by atoms with E-state index in [1.165, 1.54) is 6.07 Å². The zero-order valence-corrected chi connectivity index (χ0v) is 13.2. The fraction of sp³-hybridized carbons (Fsp3) is 0.438. The highest BCUT2D eigenvalue weighted by molar-refractivity contribution is 6.31. The molecule has 1 aliphatic carbocycles. The van der Waals surface area contributed by atoms with Gasteiger partial charge in [0.1, 0.15) is 17.3 Å². The van der Waals surface area contributed by atoms with Gasteiger partial charge in [0.15, 0.2) is 5.82 Å². The molecule has 112 valence electrons. The molecule has 0 radical (unpaired) electrons. The minimum absolute atomic E-state index is 0.0881. The molecule has 0 atom stereocenters. The second-order valence-electron chi connectivity index (χ2n) is 6.59. The summed E-state index contributed by atoms with van der Waals surface area (Å²) in [7, 11) is 0. The number of rotatable bonds is 2. The van der Waals surface area contributed by atoms with E-state index in [2.05, 4.69) is 25.8 Å². The zero-order valence-electron chi connectivity index (χ0n) is 12.5. The van der Waals surface area contributed by atoms with Crippen LogP contribution in [0.1, 0.15) is 45.4 Å². The summed E-state index contributed by atoms with van der Waals surface area (Å²) in [5.74, 6) is 1.43. The highest BCUT2D eigenvalue weighted by atomic mass is 35.5. The first-order chi connectivity index (χ1) is 9.80. The Labute approximate surface area is 128 Å². The van der Waals surface area contributed by atoms with E-state index in [0.717, 1.165) is 18.7 Å². The maximum Gasteiger partial charge on any atom is 0.151 e. The van der Waals surface area contributed by atoms with Crippen molar-refractivity contribution in [1.29, 1.82) is 0 Å². The van der Waals surface area contributed by atoms with Crippen molar-refractivity contribution in [3.8, 4) is 11.3 Å². The minimum atomic E-state index is -0.466. The van der Waals surface area contributed by atoms with Gasteiger partial charge in [0.25, 0.3) is 0 Å². The van der Waals surface area contributed by atoms with Gasteiger partial charge in [-0.25, -0.2) is 9.37 Å². The van der Waals surface area contributed by atoms with Gasteiger partial charge < -0.3 is 10.3 Å². The van der Waals surface area contributed by atoms with Crippen LogP contribution in [0.4, 0.5) is 10.2 Å². The van der Waals surface area contributed by atoms with Gasteiger partial charge in [-0.2, -0.15) is 0 Å². The number of hydrogen-bond acceptors (Lipinski definition) is 2. The zero-order chi connectivity index (χ0) is 15.4. The smallest absolute Gasteiger partial charge is 0.151 e. The van der Waals surface area contributed by atoms with Gasteiger partial charge in [0, 0.05) is 17.0 Å². The van der Waals surface area contributed by atoms with Gasteiger partial charge in [0.05, 0.1) is 5.02 Å². The first-order valence-corrected chi connectivity index (χ1v) is 7.51. The van der Waals surface area contributed by atoms with Crippen LogP contribution in [-0.4, -0.2) is 9.55 Å². The lowest BCUT2D eigenvalue weighted by Gasteiger charge is -2.25. The van der Waals surface area contributed by atoms with E-state index in [1.54, 1.807) is 12.1 Å². The third-order valence-electron chi connectivity index (χ3n) is 3.76. The summed E-state index contributed by atoms with van der Waals surface area (Å²) in [5, 5.41) is 0.0881. The second-order valence-corrected chi connectivity index (χ2v) is 6.99. The third kappa shape index (κ3) is 2.42. The van der Waals surface area contributed by atoms with Crippen LogP contribution in [0.2, 0.25) is 5.02 Å². The summed E-state index contributed by atoms with van der Waals surface area (Å²) in [5.41, 5.74) is 6.96. The first kappa shape index (κ1) is 14.4. The monoisotopic (exact) mass is 307 g/mol. The van der Waals surface area contributed by atoms with Crippen LogP contribution in [0.3, 0.4) is 0 Å². The van der Waals surface area contributed by atoms with Crippen LogP contribution >= 0.6 is 11.6 Å². The van der Waals surface area contributed by atoms with E-state index in [0.29, 0.717) is 23.0 Å². The molecule has 0 amide bonds. The van der Waals surface area contributed by atoms with Gasteiger partial charge in [-0.05, 0) is 45.7 Å². The topological polar surface area (TPSA) is 43.8 Å². The SMILES string of the molecule is CC(C)(C)n1c(C2CC2)nc(-c2cccc(Cl)c2F)c1N. The van der Waals surface area contributed by atoms with Crippen molar-refractivity contribution in [1.82, 2.24) is 9.55 Å². The number of nitrogen functional groups attached to an aromatic ring is 1. The Hall–Kier alpha value is -1.55. The Morgan fingerprint density at radius 2 is 2.00 bits per heavy atom. The highest BCUT2D eigenvalue weighted by Crippen LogP contribution is 2.44. The van der Waals surface area contributed by atoms with Gasteiger partial charge in [-0.1, -0.05) is 17.7 Å². The molecule has 1 aromatic carbocycles. The fourth-order valence-electron chi connectivity index (χ4n) is 2.66. The van der Waals surface area contributed by atoms with Crippen molar-refractivity contribution < 1.29 is 4.39 Å². The quantitative estimate of drug-likeness (QED) is 0.884. The first-order valence-electron chi connectivity index (χ1n) is 7.13. The number of anilines is 1. The van der Waals surface area contributed by atoms with Gasteiger partial charge in [0.2, 0.25) is 0 Å². The average Bonchev–Trinajstić information content (AvgIpc) is 3.16. The third-order valence-corrected chi connectivity index (χ3v) is 4.05. The number of benzene rings is 1. The number of nitrogens with zero attached hydrogens (tertiary/aromatic N) is 2. The Balaban J connectivity index is 2.23. The Bertz CT molecular complexity index is 696. The molecular formula is C16H19ClFN3. The summed E-state index contributed by atoms with van der Waals surface area (Å²) < 4.78 is 16.3. The molecule has 0 bridgehead atoms. The lowest BCUT2D eigenvalue weighted by Crippen LogP contribution is -2.25. The van der Waals surface area contributed by atoms with E-state index < -0.39 is 5.82 Å². The Kier molecular flexibility index (Phi) is 3.24. The molecule has 0 spiro atoms. The molecule has 3 rings (SSSR count). The lowest BCUT2D eigenvalue weighted by molar-refractivity contribution is 0.388. The van der Waals surface area contributed by atoms with Gasteiger partial charge in [-0.15, -0.1) is 0 Å². The molecule has 1 aromatic heterocycles. The molecule has 2 aromatic rings. The van der Waals surface area contributed by atoms with Crippen LogP contribution in [0.15, 0.2) is 18.2 Å². The van der Waals surface area contributed by atoms with Crippen LogP contribution in [-0.2, 0) is 5.54 Å².